The number of hydrogen-bond acceptors (Lipinski definition) is 5. The second-order valence-corrected chi connectivity index (χ2v) is 8.92. The molecule has 0 saturated carbocycles. The first-order valence-corrected chi connectivity index (χ1v) is 10.4. The van der Waals surface area contributed by atoms with Crippen LogP contribution in [0.25, 0.3) is 0 Å². The van der Waals surface area contributed by atoms with Crippen molar-refractivity contribution >= 4 is 10.0 Å². The van der Waals surface area contributed by atoms with Crippen molar-refractivity contribution in [1.29, 1.82) is 0 Å². The van der Waals surface area contributed by atoms with Crippen LogP contribution < -0.4 is 0 Å². The molecule has 1 aromatic rings. The van der Waals surface area contributed by atoms with Gasteiger partial charge in [0.1, 0.15) is 0 Å². The van der Waals surface area contributed by atoms with Crippen LogP contribution in [0.15, 0.2) is 24.5 Å². The summed E-state index contributed by atoms with van der Waals surface area (Å²) in [4.78, 5) is 6.46. The molecular formula is C17H27N3O3S. The minimum Gasteiger partial charge on any atom is -0.383 e. The summed E-state index contributed by atoms with van der Waals surface area (Å²) < 4.78 is 31.9. The van der Waals surface area contributed by atoms with E-state index >= 15 is 0 Å². The van der Waals surface area contributed by atoms with Crippen molar-refractivity contribution in [3.63, 3.8) is 0 Å². The Labute approximate surface area is 144 Å². The molecule has 24 heavy (non-hydrogen) atoms. The van der Waals surface area contributed by atoms with Gasteiger partial charge >= 0.3 is 0 Å². The summed E-state index contributed by atoms with van der Waals surface area (Å²) in [7, 11) is -1.59. The van der Waals surface area contributed by atoms with Crippen LogP contribution in [0, 0.1) is 0 Å². The third-order valence-corrected chi connectivity index (χ3v) is 6.80. The third-order valence-electron chi connectivity index (χ3n) is 5.40. The Kier molecular flexibility index (Phi) is 5.24. The molecule has 0 aliphatic carbocycles. The van der Waals surface area contributed by atoms with Gasteiger partial charge in [0.15, 0.2) is 0 Å². The molecule has 1 atom stereocenters. The van der Waals surface area contributed by atoms with Crippen molar-refractivity contribution in [2.24, 2.45) is 0 Å². The van der Waals surface area contributed by atoms with E-state index < -0.39 is 10.0 Å². The average molecular weight is 353 g/mol. The lowest BCUT2D eigenvalue weighted by Gasteiger charge is -2.45. The molecule has 0 bridgehead atoms. The number of ether oxygens (including phenoxy) is 1. The summed E-state index contributed by atoms with van der Waals surface area (Å²) in [6.07, 6.45) is 8.60. The van der Waals surface area contributed by atoms with Crippen molar-refractivity contribution in [3.05, 3.63) is 30.1 Å². The Balaban J connectivity index is 1.69. The first kappa shape index (κ1) is 17.8. The smallest absolute Gasteiger partial charge is 0.212 e. The zero-order chi connectivity index (χ0) is 17.2. The second kappa shape index (κ2) is 7.07. The van der Waals surface area contributed by atoms with E-state index in [0.29, 0.717) is 6.61 Å². The van der Waals surface area contributed by atoms with E-state index in [1.807, 2.05) is 24.5 Å². The molecule has 134 valence electrons. The number of rotatable bonds is 5. The van der Waals surface area contributed by atoms with Crippen molar-refractivity contribution in [1.82, 2.24) is 14.2 Å². The monoisotopic (exact) mass is 353 g/mol. The highest BCUT2D eigenvalue weighted by Crippen LogP contribution is 2.43. The molecule has 2 aliphatic rings. The zero-order valence-corrected chi connectivity index (χ0v) is 15.3. The molecule has 0 N–H and O–H groups in total. The molecule has 0 radical (unpaired) electrons. The summed E-state index contributed by atoms with van der Waals surface area (Å²) in [6, 6.07) is 4.06. The molecule has 0 aromatic carbocycles. The molecule has 0 unspecified atom stereocenters. The molecule has 1 spiro atoms. The standard InChI is InChI=1S/C17H27N3O3S/c1-23-14-16-3-6-17(20(16)24(2,21)22)7-11-19(12-8-17)13-15-4-9-18-10-5-15/h4-5,9-10,16H,3,6-8,11-14H2,1-2H3/t16-/m1/s1. The van der Waals surface area contributed by atoms with Crippen LogP contribution in [0.2, 0.25) is 0 Å². The molecule has 0 amide bonds. The van der Waals surface area contributed by atoms with E-state index in [1.54, 1.807) is 11.4 Å². The maximum atomic E-state index is 12.4. The lowest BCUT2D eigenvalue weighted by Crippen LogP contribution is -2.56. The maximum Gasteiger partial charge on any atom is 0.212 e. The fourth-order valence-electron chi connectivity index (χ4n) is 4.36. The van der Waals surface area contributed by atoms with E-state index in [-0.39, 0.29) is 11.6 Å². The summed E-state index contributed by atoms with van der Waals surface area (Å²) in [6.45, 7) is 3.23. The number of nitrogens with zero attached hydrogens (tertiary/aromatic N) is 3. The number of hydrogen-bond donors (Lipinski definition) is 0. The average Bonchev–Trinajstić information content (AvgIpc) is 2.90. The number of likely N-dealkylation sites (tertiary alicyclic amines) is 1. The van der Waals surface area contributed by atoms with Gasteiger partial charge in [0.2, 0.25) is 10.0 Å². The SMILES string of the molecule is COC[C@H]1CCC2(CCN(Cc3ccncc3)CC2)N1S(C)(=O)=O. The van der Waals surface area contributed by atoms with E-state index in [2.05, 4.69) is 9.88 Å². The molecule has 3 heterocycles. The second-order valence-electron chi connectivity index (χ2n) is 7.06. The highest BCUT2D eigenvalue weighted by Gasteiger charge is 2.51. The van der Waals surface area contributed by atoms with Gasteiger partial charge in [0, 0.05) is 50.7 Å². The first-order chi connectivity index (χ1) is 11.4. The molecule has 2 aliphatic heterocycles. The normalized spacial score (nSPS) is 25.3. The van der Waals surface area contributed by atoms with Crippen molar-refractivity contribution in [3.8, 4) is 0 Å². The number of piperidine rings is 1. The predicted octanol–water partition coefficient (Wildman–Crippen LogP) is 1.49. The van der Waals surface area contributed by atoms with E-state index in [1.165, 1.54) is 11.8 Å². The van der Waals surface area contributed by atoms with Crippen LogP contribution in [-0.4, -0.2) is 67.2 Å². The van der Waals surface area contributed by atoms with Crippen LogP contribution in [0.5, 0.6) is 0 Å². The molecule has 7 heteroatoms. The highest BCUT2D eigenvalue weighted by atomic mass is 32.2. The van der Waals surface area contributed by atoms with E-state index in [4.69, 9.17) is 4.74 Å². The summed E-state index contributed by atoms with van der Waals surface area (Å²) in [5, 5.41) is 0. The number of sulfonamides is 1. The van der Waals surface area contributed by atoms with Crippen LogP contribution in [0.1, 0.15) is 31.2 Å². The Morgan fingerprint density at radius 1 is 1.25 bits per heavy atom. The van der Waals surface area contributed by atoms with Gasteiger partial charge in [-0.1, -0.05) is 0 Å². The van der Waals surface area contributed by atoms with Gasteiger partial charge in [-0.05, 0) is 43.4 Å². The van der Waals surface area contributed by atoms with Crippen LogP contribution >= 0.6 is 0 Å². The minimum absolute atomic E-state index is 0.0169. The van der Waals surface area contributed by atoms with Gasteiger partial charge in [-0.3, -0.25) is 9.88 Å². The minimum atomic E-state index is -3.23. The largest absolute Gasteiger partial charge is 0.383 e. The van der Waals surface area contributed by atoms with Gasteiger partial charge in [0.05, 0.1) is 12.9 Å². The predicted molar refractivity (Wildman–Crippen MR) is 93.1 cm³/mol. The molecule has 1 aromatic heterocycles. The fraction of sp³-hybridized carbons (Fsp3) is 0.706. The molecule has 2 fully saturated rings. The summed E-state index contributed by atoms with van der Waals surface area (Å²) in [5.41, 5.74) is 1.04. The molecule has 6 nitrogen and oxygen atoms in total. The first-order valence-electron chi connectivity index (χ1n) is 8.54. The van der Waals surface area contributed by atoms with Crippen molar-refractivity contribution in [2.75, 3.05) is 33.1 Å². The topological polar surface area (TPSA) is 62.7 Å². The van der Waals surface area contributed by atoms with Crippen molar-refractivity contribution < 1.29 is 13.2 Å². The highest BCUT2D eigenvalue weighted by molar-refractivity contribution is 7.88. The van der Waals surface area contributed by atoms with Crippen LogP contribution in [0.4, 0.5) is 0 Å². The molecule has 3 rings (SSSR count). The fourth-order valence-corrected chi connectivity index (χ4v) is 6.05. The molecule has 2 saturated heterocycles. The quantitative estimate of drug-likeness (QED) is 0.802. The lowest BCUT2D eigenvalue weighted by atomic mass is 9.86. The van der Waals surface area contributed by atoms with Crippen LogP contribution in [0.3, 0.4) is 0 Å². The van der Waals surface area contributed by atoms with E-state index in [0.717, 1.165) is 45.3 Å². The van der Waals surface area contributed by atoms with Crippen molar-refractivity contribution in [2.45, 2.75) is 43.8 Å². The number of pyridine rings is 1. The Morgan fingerprint density at radius 3 is 2.50 bits per heavy atom. The molecular weight excluding hydrogens is 326 g/mol. The summed E-state index contributed by atoms with van der Waals surface area (Å²) >= 11 is 0. The van der Waals surface area contributed by atoms with Crippen LogP contribution in [-0.2, 0) is 21.3 Å². The Hall–Kier alpha value is -1.02. The maximum absolute atomic E-state index is 12.4. The Bertz CT molecular complexity index is 642. The summed E-state index contributed by atoms with van der Waals surface area (Å²) in [5.74, 6) is 0. The third kappa shape index (κ3) is 3.64. The number of methoxy groups -OCH3 is 1. The van der Waals surface area contributed by atoms with Gasteiger partial charge in [0.25, 0.3) is 0 Å². The zero-order valence-electron chi connectivity index (χ0n) is 14.5. The number of aromatic nitrogens is 1. The van der Waals surface area contributed by atoms with Gasteiger partial charge in [-0.25, -0.2) is 8.42 Å². The lowest BCUT2D eigenvalue weighted by molar-refractivity contribution is 0.0658. The van der Waals surface area contributed by atoms with Gasteiger partial charge < -0.3 is 4.74 Å². The van der Waals surface area contributed by atoms with Gasteiger partial charge in [-0.15, -0.1) is 0 Å². The van der Waals surface area contributed by atoms with E-state index in [9.17, 15) is 8.42 Å². The van der Waals surface area contributed by atoms with Gasteiger partial charge in [-0.2, -0.15) is 4.31 Å². The Morgan fingerprint density at radius 2 is 1.92 bits per heavy atom.